The normalized spacial score (nSPS) is 13.7. The summed E-state index contributed by atoms with van der Waals surface area (Å²) in [4.78, 5) is 10.4. The number of fused-ring (bicyclic) bond motifs is 1. The Bertz CT molecular complexity index is 645. The number of alkyl halides is 3. The third kappa shape index (κ3) is 2.39. The summed E-state index contributed by atoms with van der Waals surface area (Å²) in [7, 11) is -3.10. The van der Waals surface area contributed by atoms with E-state index in [0.717, 1.165) is 23.5 Å². The number of rotatable bonds is 2. The number of carbonyl (C=O) groups is 1. The first-order chi connectivity index (χ1) is 8.29. The van der Waals surface area contributed by atoms with Gasteiger partial charge in [-0.2, -0.15) is 13.2 Å². The van der Waals surface area contributed by atoms with Gasteiger partial charge in [-0.1, -0.05) is 0 Å². The van der Waals surface area contributed by atoms with E-state index in [4.69, 9.17) is 5.11 Å². The fourth-order valence-electron chi connectivity index (χ4n) is 1.38. The second-order valence-electron chi connectivity index (χ2n) is 3.33. The molecule has 1 aromatic carbocycles. The van der Waals surface area contributed by atoms with Gasteiger partial charge < -0.3 is 5.11 Å². The lowest BCUT2D eigenvalue weighted by Crippen LogP contribution is -2.15. The van der Waals surface area contributed by atoms with Gasteiger partial charge in [-0.15, -0.1) is 11.3 Å². The van der Waals surface area contributed by atoms with Crippen molar-refractivity contribution in [1.82, 2.24) is 0 Å². The van der Waals surface area contributed by atoms with Crippen molar-refractivity contribution in [2.45, 2.75) is 10.4 Å². The van der Waals surface area contributed by atoms with Crippen LogP contribution in [0.5, 0.6) is 0 Å². The molecule has 1 N–H and O–H groups in total. The quantitative estimate of drug-likeness (QED) is 0.925. The van der Waals surface area contributed by atoms with Gasteiger partial charge in [0, 0.05) is 9.60 Å². The molecule has 0 radical (unpaired) electrons. The van der Waals surface area contributed by atoms with Gasteiger partial charge in [0.15, 0.2) is 10.8 Å². The highest BCUT2D eigenvalue weighted by Crippen LogP contribution is 2.31. The van der Waals surface area contributed by atoms with Crippen molar-refractivity contribution in [2.24, 2.45) is 0 Å². The van der Waals surface area contributed by atoms with E-state index in [1.807, 2.05) is 0 Å². The second kappa shape index (κ2) is 4.36. The van der Waals surface area contributed by atoms with Crippen molar-refractivity contribution >= 4 is 38.2 Å². The molecule has 0 saturated heterocycles. The fourth-order valence-corrected chi connectivity index (χ4v) is 2.95. The van der Waals surface area contributed by atoms with Gasteiger partial charge in [-0.25, -0.2) is 9.00 Å². The number of hydrogen-bond acceptors (Lipinski definition) is 3. The average molecular weight is 294 g/mol. The van der Waals surface area contributed by atoms with Crippen molar-refractivity contribution in [2.75, 3.05) is 0 Å². The van der Waals surface area contributed by atoms with Crippen LogP contribution in [0.3, 0.4) is 0 Å². The van der Waals surface area contributed by atoms with Crippen LogP contribution < -0.4 is 0 Å². The summed E-state index contributed by atoms with van der Waals surface area (Å²) in [6.07, 6.45) is 0. The van der Waals surface area contributed by atoms with E-state index in [1.165, 1.54) is 12.1 Å². The molecule has 0 amide bonds. The van der Waals surface area contributed by atoms with Gasteiger partial charge in [0.2, 0.25) is 0 Å². The molecule has 96 valence electrons. The Morgan fingerprint density at radius 1 is 1.28 bits per heavy atom. The topological polar surface area (TPSA) is 54.4 Å². The Hall–Kier alpha value is -1.41. The number of thiophene rings is 1. The molecule has 18 heavy (non-hydrogen) atoms. The molecule has 1 atom stereocenters. The predicted octanol–water partition coefficient (Wildman–Crippen LogP) is 3.23. The van der Waals surface area contributed by atoms with Crippen molar-refractivity contribution in [3.8, 4) is 0 Å². The van der Waals surface area contributed by atoms with Crippen LogP contribution in [0, 0.1) is 0 Å². The molecule has 2 rings (SSSR count). The molecule has 3 nitrogen and oxygen atoms in total. The van der Waals surface area contributed by atoms with Crippen LogP contribution >= 0.6 is 11.3 Å². The van der Waals surface area contributed by atoms with E-state index < -0.39 is 22.3 Å². The summed E-state index contributed by atoms with van der Waals surface area (Å²) in [6.45, 7) is 0. The zero-order valence-corrected chi connectivity index (χ0v) is 10.2. The van der Waals surface area contributed by atoms with E-state index >= 15 is 0 Å². The molecule has 0 spiro atoms. The van der Waals surface area contributed by atoms with Gasteiger partial charge in [-0.05, 0) is 29.7 Å². The molecule has 0 saturated carbocycles. The van der Waals surface area contributed by atoms with E-state index in [2.05, 4.69) is 0 Å². The maximum Gasteiger partial charge on any atom is 0.475 e. The molecule has 0 aliphatic rings. The van der Waals surface area contributed by atoms with Crippen LogP contribution in [0.2, 0.25) is 0 Å². The zero-order chi connectivity index (χ0) is 13.5. The lowest BCUT2D eigenvalue weighted by atomic mass is 10.2. The smallest absolute Gasteiger partial charge is 0.475 e. The molecular weight excluding hydrogens is 289 g/mol. The SMILES string of the molecule is O=C(O)c1cc2cc(S(=O)C(F)(F)F)ccc2s1. The van der Waals surface area contributed by atoms with Crippen LogP contribution in [0.15, 0.2) is 29.2 Å². The van der Waals surface area contributed by atoms with Crippen LogP contribution in [-0.4, -0.2) is 20.8 Å². The summed E-state index contributed by atoms with van der Waals surface area (Å²) in [6, 6.07) is 4.79. The van der Waals surface area contributed by atoms with Crippen molar-refractivity contribution in [3.05, 3.63) is 29.1 Å². The maximum absolute atomic E-state index is 12.3. The Kier molecular flexibility index (Phi) is 3.16. The van der Waals surface area contributed by atoms with E-state index in [-0.39, 0.29) is 9.77 Å². The van der Waals surface area contributed by atoms with Crippen molar-refractivity contribution < 1.29 is 27.3 Å². The molecule has 1 heterocycles. The Labute approximate surface area is 105 Å². The van der Waals surface area contributed by atoms with Gasteiger partial charge in [0.25, 0.3) is 0 Å². The van der Waals surface area contributed by atoms with E-state index in [1.54, 1.807) is 0 Å². The van der Waals surface area contributed by atoms with Gasteiger partial charge >= 0.3 is 11.5 Å². The molecule has 2 aromatic rings. The van der Waals surface area contributed by atoms with Gasteiger partial charge in [-0.3, -0.25) is 0 Å². The zero-order valence-electron chi connectivity index (χ0n) is 8.52. The van der Waals surface area contributed by atoms with Crippen LogP contribution in [0.4, 0.5) is 13.2 Å². The molecule has 0 aliphatic heterocycles. The first-order valence-corrected chi connectivity index (χ1v) is 6.51. The minimum atomic E-state index is -4.82. The van der Waals surface area contributed by atoms with Gasteiger partial charge in [0.05, 0.1) is 0 Å². The average Bonchev–Trinajstić information content (AvgIpc) is 2.69. The predicted molar refractivity (Wildman–Crippen MR) is 61.2 cm³/mol. The van der Waals surface area contributed by atoms with Crippen LogP contribution in [-0.2, 0) is 10.8 Å². The number of carboxylic acids is 1. The Balaban J connectivity index is 2.51. The fraction of sp³-hybridized carbons (Fsp3) is 0.100. The Morgan fingerprint density at radius 3 is 2.50 bits per heavy atom. The molecule has 0 aliphatic carbocycles. The minimum Gasteiger partial charge on any atom is -0.477 e. The number of halogens is 3. The summed E-state index contributed by atoms with van der Waals surface area (Å²) >= 11 is 0.954. The van der Waals surface area contributed by atoms with Crippen molar-refractivity contribution in [3.63, 3.8) is 0 Å². The third-order valence-corrected chi connectivity index (χ3v) is 4.33. The largest absolute Gasteiger partial charge is 0.477 e. The minimum absolute atomic E-state index is 0.0277. The molecule has 1 unspecified atom stereocenters. The van der Waals surface area contributed by atoms with Crippen molar-refractivity contribution in [1.29, 1.82) is 0 Å². The number of benzene rings is 1. The number of aromatic carboxylic acids is 1. The summed E-state index contributed by atoms with van der Waals surface area (Å²) in [5.41, 5.74) is -4.82. The standard InChI is InChI=1S/C10H5F3O3S2/c11-10(12,13)18(16)6-1-2-7-5(3-6)4-8(17-7)9(14)15/h1-4H,(H,14,15). The summed E-state index contributed by atoms with van der Waals surface area (Å²) < 4.78 is 48.5. The first-order valence-electron chi connectivity index (χ1n) is 4.54. The molecule has 0 fully saturated rings. The lowest BCUT2D eigenvalue weighted by molar-refractivity contribution is -0.0384. The van der Waals surface area contributed by atoms with E-state index in [0.29, 0.717) is 10.1 Å². The van der Waals surface area contributed by atoms with Crippen LogP contribution in [0.1, 0.15) is 9.67 Å². The number of carboxylic acid groups (broad SMARTS) is 1. The third-order valence-electron chi connectivity index (χ3n) is 2.12. The molecule has 0 bridgehead atoms. The monoisotopic (exact) mass is 294 g/mol. The highest BCUT2D eigenvalue weighted by Gasteiger charge is 2.38. The maximum atomic E-state index is 12.3. The highest BCUT2D eigenvalue weighted by atomic mass is 32.2. The molecular formula is C10H5F3O3S2. The summed E-state index contributed by atoms with van der Waals surface area (Å²) in [5, 5.41) is 9.10. The molecule has 8 heteroatoms. The summed E-state index contributed by atoms with van der Waals surface area (Å²) in [5.74, 6) is -1.14. The first kappa shape index (κ1) is 13.0. The lowest BCUT2D eigenvalue weighted by Gasteiger charge is -2.05. The van der Waals surface area contributed by atoms with Gasteiger partial charge in [0.1, 0.15) is 4.88 Å². The second-order valence-corrected chi connectivity index (χ2v) is 5.89. The van der Waals surface area contributed by atoms with Crippen LogP contribution in [0.25, 0.3) is 10.1 Å². The Morgan fingerprint density at radius 2 is 1.94 bits per heavy atom. The highest BCUT2D eigenvalue weighted by molar-refractivity contribution is 7.86. The number of hydrogen-bond donors (Lipinski definition) is 1. The van der Waals surface area contributed by atoms with E-state index in [9.17, 15) is 22.2 Å². The molecule has 1 aromatic heterocycles.